The van der Waals surface area contributed by atoms with Crippen molar-refractivity contribution in [2.45, 2.75) is 13.8 Å². The second-order valence-corrected chi connectivity index (χ2v) is 6.86. The molecule has 3 nitrogen and oxygen atoms in total. The summed E-state index contributed by atoms with van der Waals surface area (Å²) in [6, 6.07) is 12.3. The van der Waals surface area contributed by atoms with E-state index in [1.807, 2.05) is 9.78 Å². The van der Waals surface area contributed by atoms with Crippen LogP contribution >= 0.6 is 11.3 Å². The average Bonchev–Trinajstić information content (AvgIpc) is 3.15. The molecule has 0 atom stereocenters. The van der Waals surface area contributed by atoms with Gasteiger partial charge in [-0.25, -0.2) is 9.37 Å². The summed E-state index contributed by atoms with van der Waals surface area (Å²) in [7, 11) is 0. The van der Waals surface area contributed by atoms with Gasteiger partial charge in [0.05, 0.1) is 5.69 Å². The molecule has 0 aliphatic carbocycles. The van der Waals surface area contributed by atoms with E-state index in [2.05, 4.69) is 37.0 Å². The van der Waals surface area contributed by atoms with E-state index < -0.39 is 0 Å². The van der Waals surface area contributed by atoms with Crippen LogP contribution in [0.1, 0.15) is 21.6 Å². The van der Waals surface area contributed by atoms with Gasteiger partial charge in [0.25, 0.3) is 0 Å². The summed E-state index contributed by atoms with van der Waals surface area (Å²) >= 11 is 1.49. The fourth-order valence-corrected chi connectivity index (χ4v) is 3.99. The number of carbonyl (C=O) groups is 1. The summed E-state index contributed by atoms with van der Waals surface area (Å²) < 4.78 is 15.1. The van der Waals surface area contributed by atoms with Gasteiger partial charge in [-0.05, 0) is 43.7 Å². The maximum Gasteiger partial charge on any atom is 0.195 e. The molecule has 0 saturated carbocycles. The van der Waals surface area contributed by atoms with Crippen molar-refractivity contribution in [1.82, 2.24) is 9.38 Å². The molecule has 124 valence electrons. The van der Waals surface area contributed by atoms with Crippen molar-refractivity contribution in [3.8, 4) is 22.5 Å². The quantitative estimate of drug-likeness (QED) is 0.470. The molecule has 0 bridgehead atoms. The summed E-state index contributed by atoms with van der Waals surface area (Å²) in [5.74, 6) is -0.312. The molecule has 4 rings (SSSR count). The van der Waals surface area contributed by atoms with Crippen LogP contribution < -0.4 is 0 Å². The minimum Gasteiger partial charge on any atom is -0.296 e. The number of imidazole rings is 1. The van der Waals surface area contributed by atoms with Crippen LogP contribution in [0.15, 0.2) is 47.8 Å². The zero-order chi connectivity index (χ0) is 17.6. The zero-order valence-electron chi connectivity index (χ0n) is 13.8. The van der Waals surface area contributed by atoms with E-state index in [9.17, 15) is 9.18 Å². The summed E-state index contributed by atoms with van der Waals surface area (Å²) in [5.41, 5.74) is 6.15. The lowest BCUT2D eigenvalue weighted by molar-refractivity contribution is 0.111. The molecule has 0 amide bonds. The number of hydrogen-bond donors (Lipinski definition) is 0. The summed E-state index contributed by atoms with van der Waals surface area (Å²) in [5, 5.41) is 2.02. The zero-order valence-corrected chi connectivity index (χ0v) is 14.6. The number of halogens is 1. The smallest absolute Gasteiger partial charge is 0.195 e. The number of benzene rings is 2. The summed E-state index contributed by atoms with van der Waals surface area (Å²) in [4.78, 5) is 17.2. The molecule has 2 heterocycles. The van der Waals surface area contributed by atoms with Crippen LogP contribution in [0.5, 0.6) is 0 Å². The molecule has 0 aliphatic rings. The van der Waals surface area contributed by atoms with Crippen LogP contribution in [0, 0.1) is 19.7 Å². The monoisotopic (exact) mass is 350 g/mol. The molecule has 0 fully saturated rings. The third-order valence-electron chi connectivity index (χ3n) is 4.29. The van der Waals surface area contributed by atoms with E-state index in [1.54, 1.807) is 12.1 Å². The van der Waals surface area contributed by atoms with Crippen molar-refractivity contribution in [2.75, 3.05) is 0 Å². The van der Waals surface area contributed by atoms with Crippen LogP contribution in [0.25, 0.3) is 27.5 Å². The fraction of sp³-hybridized carbons (Fsp3) is 0.100. The van der Waals surface area contributed by atoms with E-state index in [0.29, 0.717) is 11.4 Å². The van der Waals surface area contributed by atoms with Crippen molar-refractivity contribution >= 4 is 22.6 Å². The Bertz CT molecular complexity index is 1090. The number of aryl methyl sites for hydroxylation is 2. The normalized spacial score (nSPS) is 11.2. The highest BCUT2D eigenvalue weighted by atomic mass is 32.1. The molecule has 4 aromatic rings. The molecule has 0 saturated heterocycles. The molecule has 0 unspecified atom stereocenters. The first-order valence-electron chi connectivity index (χ1n) is 7.87. The van der Waals surface area contributed by atoms with Gasteiger partial charge < -0.3 is 0 Å². The Kier molecular flexibility index (Phi) is 3.73. The molecule has 0 aliphatic heterocycles. The topological polar surface area (TPSA) is 34.4 Å². The number of rotatable bonds is 3. The van der Waals surface area contributed by atoms with E-state index in [-0.39, 0.29) is 5.82 Å². The van der Waals surface area contributed by atoms with Gasteiger partial charge in [0.2, 0.25) is 0 Å². The number of thiazole rings is 1. The van der Waals surface area contributed by atoms with Crippen molar-refractivity contribution < 1.29 is 9.18 Å². The third kappa shape index (κ3) is 2.57. The molecule has 2 aromatic carbocycles. The van der Waals surface area contributed by atoms with Gasteiger partial charge in [-0.15, -0.1) is 11.3 Å². The van der Waals surface area contributed by atoms with Crippen LogP contribution in [0.2, 0.25) is 0 Å². The SMILES string of the molecule is Cc1ccc(-c2csc3nc(-c4ccc(F)cc4)c(C=O)n23)c(C)c1. The Morgan fingerprint density at radius 1 is 1.12 bits per heavy atom. The lowest BCUT2D eigenvalue weighted by Gasteiger charge is -2.07. The first kappa shape index (κ1) is 15.7. The molecule has 0 radical (unpaired) electrons. The van der Waals surface area contributed by atoms with E-state index in [4.69, 9.17) is 0 Å². The van der Waals surface area contributed by atoms with Crippen molar-refractivity contribution in [1.29, 1.82) is 0 Å². The number of carbonyl (C=O) groups excluding carboxylic acids is 1. The lowest BCUT2D eigenvalue weighted by Crippen LogP contribution is -1.95. The number of aldehydes is 1. The second kappa shape index (κ2) is 5.93. The third-order valence-corrected chi connectivity index (χ3v) is 5.11. The van der Waals surface area contributed by atoms with Gasteiger partial charge in [0.1, 0.15) is 17.2 Å². The first-order valence-corrected chi connectivity index (χ1v) is 8.75. The van der Waals surface area contributed by atoms with Crippen LogP contribution in [0.3, 0.4) is 0 Å². The predicted octanol–water partition coefficient (Wildman–Crippen LogP) is 5.30. The number of hydrogen-bond acceptors (Lipinski definition) is 3. The fourth-order valence-electron chi connectivity index (χ4n) is 3.10. The van der Waals surface area contributed by atoms with Crippen molar-refractivity contribution in [2.24, 2.45) is 0 Å². The highest BCUT2D eigenvalue weighted by Crippen LogP contribution is 2.33. The highest BCUT2D eigenvalue weighted by Gasteiger charge is 2.19. The van der Waals surface area contributed by atoms with Crippen LogP contribution in [-0.4, -0.2) is 15.7 Å². The van der Waals surface area contributed by atoms with Gasteiger partial charge in [-0.3, -0.25) is 9.20 Å². The molecule has 25 heavy (non-hydrogen) atoms. The van der Waals surface area contributed by atoms with Gasteiger partial charge in [-0.1, -0.05) is 23.8 Å². The summed E-state index contributed by atoms with van der Waals surface area (Å²) in [6.07, 6.45) is 0.818. The predicted molar refractivity (Wildman–Crippen MR) is 98.8 cm³/mol. The van der Waals surface area contributed by atoms with E-state index >= 15 is 0 Å². The largest absolute Gasteiger partial charge is 0.296 e. The second-order valence-electron chi connectivity index (χ2n) is 6.03. The Morgan fingerprint density at radius 2 is 1.88 bits per heavy atom. The minimum atomic E-state index is -0.312. The molecular formula is C20H15FN2OS. The Labute approximate surface area is 148 Å². The van der Waals surface area contributed by atoms with Crippen LogP contribution in [-0.2, 0) is 0 Å². The Balaban J connectivity index is 1.97. The van der Waals surface area contributed by atoms with E-state index in [0.717, 1.165) is 33.6 Å². The van der Waals surface area contributed by atoms with Crippen molar-refractivity contribution in [3.05, 3.63) is 70.5 Å². The Morgan fingerprint density at radius 3 is 2.56 bits per heavy atom. The van der Waals surface area contributed by atoms with Crippen molar-refractivity contribution in [3.63, 3.8) is 0 Å². The average molecular weight is 350 g/mol. The standard InChI is InChI=1S/C20H15FN2OS/c1-12-3-8-16(13(2)9-12)18-11-25-20-22-19(17(10-24)23(18)20)14-4-6-15(21)7-5-14/h3-11H,1-2H3. The number of nitrogens with zero attached hydrogens (tertiary/aromatic N) is 2. The lowest BCUT2D eigenvalue weighted by atomic mass is 10.0. The Hall–Kier alpha value is -2.79. The van der Waals surface area contributed by atoms with E-state index in [1.165, 1.54) is 29.0 Å². The summed E-state index contributed by atoms with van der Waals surface area (Å²) in [6.45, 7) is 4.12. The maximum atomic E-state index is 13.2. The molecular weight excluding hydrogens is 335 g/mol. The number of fused-ring (bicyclic) bond motifs is 1. The van der Waals surface area contributed by atoms with Gasteiger partial charge in [-0.2, -0.15) is 0 Å². The van der Waals surface area contributed by atoms with Gasteiger partial charge in [0, 0.05) is 16.5 Å². The molecule has 2 aromatic heterocycles. The highest BCUT2D eigenvalue weighted by molar-refractivity contribution is 7.15. The van der Waals surface area contributed by atoms with Gasteiger partial charge >= 0.3 is 0 Å². The molecule has 0 N–H and O–H groups in total. The minimum absolute atomic E-state index is 0.312. The van der Waals surface area contributed by atoms with Gasteiger partial charge in [0.15, 0.2) is 11.2 Å². The number of aromatic nitrogens is 2. The van der Waals surface area contributed by atoms with Crippen LogP contribution in [0.4, 0.5) is 4.39 Å². The molecule has 0 spiro atoms. The maximum absolute atomic E-state index is 13.2. The molecule has 5 heteroatoms. The first-order chi connectivity index (χ1) is 12.1.